The molecule has 0 saturated carbocycles. The van der Waals surface area contributed by atoms with Crippen LogP contribution in [0.1, 0.15) is 23.6 Å². The number of aryl methyl sites for hydroxylation is 1. The Morgan fingerprint density at radius 3 is 2.83 bits per heavy atom. The smallest absolute Gasteiger partial charge is 0.270 e. The summed E-state index contributed by atoms with van der Waals surface area (Å²) in [5.74, 6) is 0.393. The lowest BCUT2D eigenvalue weighted by Gasteiger charge is -2.30. The van der Waals surface area contributed by atoms with Crippen LogP contribution in [0.15, 0.2) is 40.2 Å². The molecule has 8 heteroatoms. The summed E-state index contributed by atoms with van der Waals surface area (Å²) in [6, 6.07) is 4.82. The number of aliphatic hydroxyl groups is 1. The zero-order valence-corrected chi connectivity index (χ0v) is 14.7. The van der Waals surface area contributed by atoms with Gasteiger partial charge in [0.25, 0.3) is 6.43 Å². The average molecular weight is 399 g/mol. The molecule has 0 spiro atoms. The van der Waals surface area contributed by atoms with Crippen molar-refractivity contribution in [2.45, 2.75) is 32.0 Å². The molecule has 0 bridgehead atoms. The molecule has 2 atom stereocenters. The number of fused-ring (bicyclic) bond motifs is 1. The predicted molar refractivity (Wildman–Crippen MR) is 92.1 cm³/mol. The maximum absolute atomic E-state index is 13.1. The van der Waals surface area contributed by atoms with Crippen LogP contribution in [0.4, 0.5) is 8.78 Å². The first-order chi connectivity index (χ1) is 11.2. The molecular formula is C16H17BrF2N4O. The van der Waals surface area contributed by atoms with E-state index in [-0.39, 0.29) is 11.7 Å². The molecule has 24 heavy (non-hydrogen) atoms. The standard InChI is InChI=1S/C16H17BrF2N4O/c1-8-3-4-9(16(2,24)15(18)19)5-10(8)11-6-21-14-13(20)22-12(17)7-23(11)14/h3-7,14-15,21,24H,1-2H3,(H2,20,22). The zero-order chi connectivity index (χ0) is 17.6. The van der Waals surface area contributed by atoms with Gasteiger partial charge in [-0.3, -0.25) is 0 Å². The number of nitrogens with two attached hydrogens (primary N) is 1. The first-order valence-corrected chi connectivity index (χ1v) is 8.09. The second kappa shape index (κ2) is 5.86. The van der Waals surface area contributed by atoms with Gasteiger partial charge in [0.1, 0.15) is 16.0 Å². The highest BCUT2D eigenvalue weighted by Crippen LogP contribution is 2.35. The highest BCUT2D eigenvalue weighted by molar-refractivity contribution is 9.11. The van der Waals surface area contributed by atoms with Crippen LogP contribution in [0.5, 0.6) is 0 Å². The van der Waals surface area contributed by atoms with Crippen LogP contribution in [0, 0.1) is 6.92 Å². The third-order valence-corrected chi connectivity index (χ3v) is 4.60. The molecule has 1 aromatic rings. The van der Waals surface area contributed by atoms with E-state index in [9.17, 15) is 13.9 Å². The summed E-state index contributed by atoms with van der Waals surface area (Å²) in [6.07, 6.45) is 0.325. The molecule has 1 aromatic carbocycles. The summed E-state index contributed by atoms with van der Waals surface area (Å²) < 4.78 is 26.9. The molecule has 4 N–H and O–H groups in total. The molecule has 0 saturated heterocycles. The van der Waals surface area contributed by atoms with Crippen molar-refractivity contribution in [3.63, 3.8) is 0 Å². The highest BCUT2D eigenvalue weighted by atomic mass is 79.9. The Kier molecular flexibility index (Phi) is 4.13. The summed E-state index contributed by atoms with van der Waals surface area (Å²) >= 11 is 3.31. The number of hydrogen-bond donors (Lipinski definition) is 3. The Morgan fingerprint density at radius 1 is 1.46 bits per heavy atom. The minimum absolute atomic E-state index is 0.157. The molecule has 2 unspecified atom stereocenters. The fourth-order valence-corrected chi connectivity index (χ4v) is 3.13. The number of benzene rings is 1. The summed E-state index contributed by atoms with van der Waals surface area (Å²) in [5.41, 5.74) is 6.26. The number of hydrogen-bond acceptors (Lipinski definition) is 5. The van der Waals surface area contributed by atoms with Crippen molar-refractivity contribution < 1.29 is 13.9 Å². The van der Waals surface area contributed by atoms with Gasteiger partial charge in [0, 0.05) is 18.0 Å². The van der Waals surface area contributed by atoms with Gasteiger partial charge < -0.3 is 21.1 Å². The summed E-state index contributed by atoms with van der Waals surface area (Å²) in [6.45, 7) is 2.99. The van der Waals surface area contributed by atoms with E-state index in [0.29, 0.717) is 10.4 Å². The van der Waals surface area contributed by atoms with E-state index in [1.165, 1.54) is 6.07 Å². The Labute approximate surface area is 146 Å². The first kappa shape index (κ1) is 16.9. The highest BCUT2D eigenvalue weighted by Gasteiger charge is 2.36. The Hall–Kier alpha value is -1.93. The number of amidine groups is 1. The SMILES string of the molecule is Cc1ccc(C(C)(O)C(F)F)cc1C1=CNC2C(N)=NC(Br)=CN12. The molecule has 0 aliphatic carbocycles. The van der Waals surface area contributed by atoms with Gasteiger partial charge in [0.15, 0.2) is 6.17 Å². The van der Waals surface area contributed by atoms with E-state index in [2.05, 4.69) is 26.2 Å². The van der Waals surface area contributed by atoms with Crippen molar-refractivity contribution in [1.29, 1.82) is 0 Å². The molecule has 5 nitrogen and oxygen atoms in total. The van der Waals surface area contributed by atoms with Crippen LogP contribution in [-0.4, -0.2) is 28.4 Å². The molecule has 2 aliphatic heterocycles. The summed E-state index contributed by atoms with van der Waals surface area (Å²) in [5, 5.41) is 13.2. The fraction of sp³-hybridized carbons (Fsp3) is 0.312. The summed E-state index contributed by atoms with van der Waals surface area (Å²) in [4.78, 5) is 6.02. The van der Waals surface area contributed by atoms with E-state index in [4.69, 9.17) is 5.73 Å². The quantitative estimate of drug-likeness (QED) is 0.684. The second-order valence-corrected chi connectivity index (χ2v) is 6.78. The van der Waals surface area contributed by atoms with Gasteiger partial charge in [-0.1, -0.05) is 12.1 Å². The van der Waals surface area contributed by atoms with Crippen molar-refractivity contribution >= 4 is 27.5 Å². The number of alkyl halides is 2. The van der Waals surface area contributed by atoms with E-state index in [0.717, 1.165) is 23.7 Å². The maximum Gasteiger partial charge on any atom is 0.270 e. The van der Waals surface area contributed by atoms with Gasteiger partial charge in [0.2, 0.25) is 0 Å². The lowest BCUT2D eigenvalue weighted by Crippen LogP contribution is -2.46. The Bertz CT molecular complexity index is 773. The molecule has 2 heterocycles. The van der Waals surface area contributed by atoms with Crippen LogP contribution >= 0.6 is 15.9 Å². The van der Waals surface area contributed by atoms with Gasteiger partial charge in [-0.2, -0.15) is 0 Å². The van der Waals surface area contributed by atoms with Gasteiger partial charge >= 0.3 is 0 Å². The average Bonchev–Trinajstić information content (AvgIpc) is 2.91. The topological polar surface area (TPSA) is 73.9 Å². The van der Waals surface area contributed by atoms with Crippen molar-refractivity contribution in [3.05, 3.63) is 51.9 Å². The lowest BCUT2D eigenvalue weighted by molar-refractivity contribution is -0.0883. The lowest BCUT2D eigenvalue weighted by atomic mass is 9.92. The maximum atomic E-state index is 13.1. The van der Waals surface area contributed by atoms with Crippen LogP contribution in [0.3, 0.4) is 0 Å². The van der Waals surface area contributed by atoms with Gasteiger partial charge in [0.05, 0.1) is 5.70 Å². The molecule has 2 aliphatic rings. The van der Waals surface area contributed by atoms with Crippen molar-refractivity contribution in [2.75, 3.05) is 0 Å². The van der Waals surface area contributed by atoms with Crippen LogP contribution in [0.2, 0.25) is 0 Å². The zero-order valence-electron chi connectivity index (χ0n) is 13.1. The minimum Gasteiger partial charge on any atom is -0.384 e. The molecular weight excluding hydrogens is 382 g/mol. The monoisotopic (exact) mass is 398 g/mol. The Morgan fingerprint density at radius 2 is 2.17 bits per heavy atom. The van der Waals surface area contributed by atoms with Crippen LogP contribution in [-0.2, 0) is 5.60 Å². The Balaban J connectivity index is 2.03. The number of nitrogens with one attached hydrogen (secondary N) is 1. The van der Waals surface area contributed by atoms with E-state index < -0.39 is 12.0 Å². The van der Waals surface area contributed by atoms with Crippen LogP contribution in [0.25, 0.3) is 5.70 Å². The van der Waals surface area contributed by atoms with E-state index >= 15 is 0 Å². The molecule has 0 fully saturated rings. The third kappa shape index (κ3) is 2.69. The predicted octanol–water partition coefficient (Wildman–Crippen LogP) is 2.56. The van der Waals surface area contributed by atoms with Crippen molar-refractivity contribution in [2.24, 2.45) is 10.7 Å². The number of halogens is 3. The molecule has 0 amide bonds. The fourth-order valence-electron chi connectivity index (χ4n) is 2.71. The second-order valence-electron chi connectivity index (χ2n) is 5.97. The van der Waals surface area contributed by atoms with Gasteiger partial charge in [-0.15, -0.1) is 0 Å². The van der Waals surface area contributed by atoms with E-state index in [1.807, 2.05) is 11.8 Å². The molecule has 0 radical (unpaired) electrons. The third-order valence-electron chi connectivity index (χ3n) is 4.22. The first-order valence-electron chi connectivity index (χ1n) is 7.30. The van der Waals surface area contributed by atoms with Gasteiger partial charge in [-0.25, -0.2) is 13.8 Å². The van der Waals surface area contributed by atoms with Crippen molar-refractivity contribution in [3.8, 4) is 0 Å². The van der Waals surface area contributed by atoms with E-state index in [1.54, 1.807) is 24.5 Å². The molecule has 128 valence electrons. The number of aliphatic imine (C=N–C) groups is 1. The van der Waals surface area contributed by atoms with Gasteiger partial charge in [-0.05, 0) is 47.0 Å². The van der Waals surface area contributed by atoms with Crippen LogP contribution < -0.4 is 11.1 Å². The minimum atomic E-state index is -2.89. The summed E-state index contributed by atoms with van der Waals surface area (Å²) in [7, 11) is 0. The normalized spacial score (nSPS) is 22.4. The number of rotatable bonds is 3. The largest absolute Gasteiger partial charge is 0.384 e. The molecule has 0 aromatic heterocycles. The number of nitrogens with zero attached hydrogens (tertiary/aromatic N) is 2. The molecule has 3 rings (SSSR count). The van der Waals surface area contributed by atoms with Crippen molar-refractivity contribution in [1.82, 2.24) is 10.2 Å².